The predicted molar refractivity (Wildman–Crippen MR) is 82.0 cm³/mol. The largest absolute Gasteiger partial charge is 0.310 e. The highest BCUT2D eigenvalue weighted by Crippen LogP contribution is 2.32. The fraction of sp³-hybridized carbons (Fsp3) is 0.500. The van der Waals surface area contributed by atoms with E-state index in [2.05, 4.69) is 60.4 Å². The summed E-state index contributed by atoms with van der Waals surface area (Å²) in [5, 5.41) is 3.48. The van der Waals surface area contributed by atoms with E-state index in [1.54, 1.807) is 5.57 Å². The van der Waals surface area contributed by atoms with Crippen LogP contribution in [0.15, 0.2) is 28.3 Å². The van der Waals surface area contributed by atoms with Gasteiger partial charge in [0.2, 0.25) is 0 Å². The van der Waals surface area contributed by atoms with Crippen molar-refractivity contribution >= 4 is 15.9 Å². The number of hydrogen-bond donors (Lipinski definition) is 1. The van der Waals surface area contributed by atoms with Crippen molar-refractivity contribution in [1.82, 2.24) is 5.32 Å². The van der Waals surface area contributed by atoms with Crippen molar-refractivity contribution in [3.8, 4) is 0 Å². The number of hydrogen-bond acceptors (Lipinski definition) is 1. The van der Waals surface area contributed by atoms with E-state index >= 15 is 0 Å². The third-order valence-corrected chi connectivity index (χ3v) is 5.03. The number of rotatable bonds is 3. The van der Waals surface area contributed by atoms with Gasteiger partial charge in [-0.25, -0.2) is 0 Å². The number of likely N-dealkylation sites (N-methyl/N-ethyl adjacent to an activating group) is 1. The van der Waals surface area contributed by atoms with Crippen LogP contribution in [0.1, 0.15) is 48.4 Å². The molecule has 0 saturated heterocycles. The van der Waals surface area contributed by atoms with Gasteiger partial charge in [-0.05, 0) is 63.3 Å². The van der Waals surface area contributed by atoms with Gasteiger partial charge in [-0.2, -0.15) is 0 Å². The van der Waals surface area contributed by atoms with Crippen molar-refractivity contribution in [2.45, 2.75) is 45.6 Å². The molecular weight excluding hydrogens is 286 g/mol. The summed E-state index contributed by atoms with van der Waals surface area (Å²) in [7, 11) is 2.06. The molecule has 0 fully saturated rings. The second-order valence-electron chi connectivity index (χ2n) is 5.22. The summed E-state index contributed by atoms with van der Waals surface area (Å²) >= 11 is 3.65. The van der Waals surface area contributed by atoms with Gasteiger partial charge in [0.05, 0.1) is 6.04 Å². The van der Waals surface area contributed by atoms with Gasteiger partial charge in [-0.3, -0.25) is 0 Å². The highest BCUT2D eigenvalue weighted by Gasteiger charge is 2.17. The molecule has 1 aliphatic carbocycles. The molecule has 0 saturated carbocycles. The number of benzene rings is 1. The van der Waals surface area contributed by atoms with Gasteiger partial charge in [-0.15, -0.1) is 0 Å². The molecule has 1 aliphatic rings. The fourth-order valence-corrected chi connectivity index (χ4v) is 3.07. The molecule has 0 aliphatic heterocycles. The minimum absolute atomic E-state index is 0.385. The summed E-state index contributed by atoms with van der Waals surface area (Å²) in [6, 6.07) is 4.98. The Balaban J connectivity index is 2.35. The SMILES string of the molecule is CNC(C1=CCCCC1)c1cc(C)c(Br)c(C)c1. The second-order valence-corrected chi connectivity index (χ2v) is 6.01. The minimum Gasteiger partial charge on any atom is -0.310 e. The quantitative estimate of drug-likeness (QED) is 0.789. The molecule has 0 heterocycles. The standard InChI is InChI=1S/C16H22BrN/c1-11-9-14(10-12(2)15(11)17)16(18-3)13-7-5-4-6-8-13/h7,9-10,16,18H,4-6,8H2,1-3H3. The van der Waals surface area contributed by atoms with Crippen molar-refractivity contribution < 1.29 is 0 Å². The van der Waals surface area contributed by atoms with E-state index in [9.17, 15) is 0 Å². The first kappa shape index (κ1) is 13.8. The number of aryl methyl sites for hydroxylation is 2. The maximum Gasteiger partial charge on any atom is 0.0533 e. The van der Waals surface area contributed by atoms with Gasteiger partial charge in [0.25, 0.3) is 0 Å². The first-order chi connectivity index (χ1) is 8.63. The monoisotopic (exact) mass is 307 g/mol. The van der Waals surface area contributed by atoms with E-state index in [-0.39, 0.29) is 0 Å². The molecule has 0 bridgehead atoms. The highest BCUT2D eigenvalue weighted by molar-refractivity contribution is 9.10. The molecule has 1 aromatic rings. The van der Waals surface area contributed by atoms with Gasteiger partial charge < -0.3 is 5.32 Å². The van der Waals surface area contributed by atoms with E-state index in [4.69, 9.17) is 0 Å². The Hall–Kier alpha value is -0.600. The Morgan fingerprint density at radius 2 is 1.83 bits per heavy atom. The topological polar surface area (TPSA) is 12.0 Å². The smallest absolute Gasteiger partial charge is 0.0533 e. The summed E-state index contributed by atoms with van der Waals surface area (Å²) < 4.78 is 1.23. The van der Waals surface area contributed by atoms with Crippen LogP contribution in [0, 0.1) is 13.8 Å². The van der Waals surface area contributed by atoms with Crippen LogP contribution in [0.2, 0.25) is 0 Å². The maximum atomic E-state index is 3.65. The Morgan fingerprint density at radius 3 is 2.33 bits per heavy atom. The zero-order chi connectivity index (χ0) is 13.1. The molecule has 0 aromatic heterocycles. The van der Waals surface area contributed by atoms with Crippen LogP contribution in [-0.4, -0.2) is 7.05 Å². The van der Waals surface area contributed by atoms with E-state index in [0.717, 1.165) is 0 Å². The molecule has 98 valence electrons. The number of halogens is 1. The first-order valence-corrected chi connectivity index (χ1v) is 7.55. The van der Waals surface area contributed by atoms with Gasteiger partial charge in [0, 0.05) is 4.47 Å². The Morgan fingerprint density at radius 1 is 1.17 bits per heavy atom. The molecule has 0 radical (unpaired) electrons. The van der Waals surface area contributed by atoms with Crippen molar-refractivity contribution in [2.75, 3.05) is 7.05 Å². The van der Waals surface area contributed by atoms with Crippen LogP contribution >= 0.6 is 15.9 Å². The molecule has 18 heavy (non-hydrogen) atoms. The average molecular weight is 308 g/mol. The first-order valence-electron chi connectivity index (χ1n) is 6.76. The zero-order valence-electron chi connectivity index (χ0n) is 11.5. The average Bonchev–Trinajstić information content (AvgIpc) is 2.38. The van der Waals surface area contributed by atoms with Crippen LogP contribution in [0.5, 0.6) is 0 Å². The van der Waals surface area contributed by atoms with Crippen molar-refractivity contribution in [3.63, 3.8) is 0 Å². The fourth-order valence-electron chi connectivity index (χ4n) is 2.84. The molecule has 2 heteroatoms. The molecule has 0 spiro atoms. The van der Waals surface area contributed by atoms with Gasteiger partial charge in [0.15, 0.2) is 0 Å². The lowest BCUT2D eigenvalue weighted by Crippen LogP contribution is -2.20. The van der Waals surface area contributed by atoms with Gasteiger partial charge in [-0.1, -0.05) is 39.7 Å². The van der Waals surface area contributed by atoms with Crippen LogP contribution in [0.3, 0.4) is 0 Å². The van der Waals surface area contributed by atoms with Gasteiger partial charge >= 0.3 is 0 Å². The zero-order valence-corrected chi connectivity index (χ0v) is 13.1. The Labute approximate surface area is 119 Å². The normalized spacial score (nSPS) is 17.4. The maximum absolute atomic E-state index is 3.65. The third-order valence-electron chi connectivity index (χ3n) is 3.78. The lowest BCUT2D eigenvalue weighted by atomic mass is 9.89. The summed E-state index contributed by atoms with van der Waals surface area (Å²) in [5.74, 6) is 0. The lowest BCUT2D eigenvalue weighted by molar-refractivity contribution is 0.592. The van der Waals surface area contributed by atoms with E-state index in [1.165, 1.54) is 46.8 Å². The summed E-state index contributed by atoms with van der Waals surface area (Å²) in [4.78, 5) is 0. The van der Waals surface area contributed by atoms with Crippen LogP contribution in [-0.2, 0) is 0 Å². The van der Waals surface area contributed by atoms with E-state index in [0.29, 0.717) is 6.04 Å². The molecule has 1 nitrogen and oxygen atoms in total. The molecule has 1 atom stereocenters. The van der Waals surface area contributed by atoms with E-state index in [1.807, 2.05) is 0 Å². The van der Waals surface area contributed by atoms with Gasteiger partial charge in [0.1, 0.15) is 0 Å². The minimum atomic E-state index is 0.385. The molecule has 1 aromatic carbocycles. The third kappa shape index (κ3) is 2.86. The van der Waals surface area contributed by atoms with Crippen molar-refractivity contribution in [2.24, 2.45) is 0 Å². The molecule has 1 N–H and O–H groups in total. The summed E-state index contributed by atoms with van der Waals surface area (Å²) in [5.41, 5.74) is 5.59. The second kappa shape index (κ2) is 6.03. The molecule has 0 amide bonds. The predicted octanol–water partition coefficient (Wildman–Crippen LogP) is 4.83. The van der Waals surface area contributed by atoms with Crippen molar-refractivity contribution in [1.29, 1.82) is 0 Å². The van der Waals surface area contributed by atoms with Crippen LogP contribution in [0.4, 0.5) is 0 Å². The molecule has 1 unspecified atom stereocenters. The number of nitrogens with one attached hydrogen (secondary N) is 1. The molecular formula is C16H22BrN. The number of allylic oxidation sites excluding steroid dienone is 1. The molecule has 2 rings (SSSR count). The Bertz CT molecular complexity index is 439. The Kier molecular flexibility index (Phi) is 4.63. The lowest BCUT2D eigenvalue weighted by Gasteiger charge is -2.24. The van der Waals surface area contributed by atoms with Crippen LogP contribution < -0.4 is 5.32 Å². The summed E-state index contributed by atoms with van der Waals surface area (Å²) in [6.45, 7) is 4.34. The van der Waals surface area contributed by atoms with E-state index < -0.39 is 0 Å². The highest BCUT2D eigenvalue weighted by atomic mass is 79.9. The summed E-state index contributed by atoms with van der Waals surface area (Å²) in [6.07, 6.45) is 7.58. The van der Waals surface area contributed by atoms with Crippen molar-refractivity contribution in [3.05, 3.63) is 44.9 Å². The van der Waals surface area contributed by atoms with Crippen LogP contribution in [0.25, 0.3) is 0 Å².